The highest BCUT2D eigenvalue weighted by Crippen LogP contribution is 2.35. The molecule has 0 amide bonds. The van der Waals surface area contributed by atoms with E-state index in [4.69, 9.17) is 18.9 Å². The molecule has 240 valence electrons. The Bertz CT molecular complexity index is 1220. The van der Waals surface area contributed by atoms with Crippen molar-refractivity contribution in [2.24, 2.45) is 0 Å². The van der Waals surface area contributed by atoms with E-state index >= 15 is 0 Å². The topological polar surface area (TPSA) is 54.0 Å². The maximum absolute atomic E-state index is 11.9. The molecule has 0 N–H and O–H groups in total. The van der Waals surface area contributed by atoms with Crippen molar-refractivity contribution < 1.29 is 23.7 Å². The van der Waals surface area contributed by atoms with Gasteiger partial charge in [-0.1, -0.05) is 88.8 Å². The lowest BCUT2D eigenvalue weighted by molar-refractivity contribution is -0.154. The molecule has 0 spiro atoms. The van der Waals surface area contributed by atoms with E-state index < -0.39 is 5.60 Å². The molecule has 0 unspecified atom stereocenters. The number of unbranched alkanes of at least 4 members (excludes halogenated alkanes) is 7. The van der Waals surface area contributed by atoms with Crippen molar-refractivity contribution in [1.29, 1.82) is 0 Å². The smallest absolute Gasteiger partial charge is 0.306 e. The quantitative estimate of drug-likeness (QED) is 0.0951. The van der Waals surface area contributed by atoms with Gasteiger partial charge in [0.2, 0.25) is 0 Å². The van der Waals surface area contributed by atoms with E-state index in [-0.39, 0.29) is 5.97 Å². The van der Waals surface area contributed by atoms with Crippen LogP contribution in [0.4, 0.5) is 0 Å². The van der Waals surface area contributed by atoms with Crippen LogP contribution in [-0.2, 0) is 9.53 Å². The van der Waals surface area contributed by atoms with Gasteiger partial charge in [-0.2, -0.15) is 0 Å². The van der Waals surface area contributed by atoms with Crippen LogP contribution < -0.4 is 14.2 Å². The molecule has 0 aliphatic carbocycles. The summed E-state index contributed by atoms with van der Waals surface area (Å²) in [4.78, 5) is 11.9. The van der Waals surface area contributed by atoms with Gasteiger partial charge in [0.1, 0.15) is 22.8 Å². The molecule has 0 aromatic heterocycles. The van der Waals surface area contributed by atoms with E-state index in [1.165, 1.54) is 24.0 Å². The van der Waals surface area contributed by atoms with Gasteiger partial charge in [0, 0.05) is 18.1 Å². The zero-order valence-corrected chi connectivity index (χ0v) is 27.8. The van der Waals surface area contributed by atoms with Crippen LogP contribution in [0.1, 0.15) is 105 Å². The lowest BCUT2D eigenvalue weighted by Crippen LogP contribution is -2.23. The molecule has 5 nitrogen and oxygen atoms in total. The SMILES string of the molecule is CCCCCOc1ccc(-c2ccc(-c3ccc(OCCCC)cc3OCCCCCCCC(=O)OC(C)(C)C)cc2)cc1. The molecule has 0 saturated heterocycles. The Balaban J connectivity index is 1.56. The molecular weight excluding hydrogens is 548 g/mol. The molecule has 0 aliphatic rings. The maximum Gasteiger partial charge on any atom is 0.306 e. The minimum absolute atomic E-state index is 0.108. The average Bonchev–Trinajstić information content (AvgIpc) is 3.00. The van der Waals surface area contributed by atoms with Crippen LogP contribution in [-0.4, -0.2) is 31.4 Å². The van der Waals surface area contributed by atoms with Gasteiger partial charge in [-0.15, -0.1) is 0 Å². The summed E-state index contributed by atoms with van der Waals surface area (Å²) < 4.78 is 23.6. The Morgan fingerprint density at radius 2 is 1.09 bits per heavy atom. The third kappa shape index (κ3) is 13.0. The van der Waals surface area contributed by atoms with E-state index in [0.29, 0.717) is 19.6 Å². The van der Waals surface area contributed by atoms with E-state index in [1.54, 1.807) is 0 Å². The fourth-order valence-electron chi connectivity index (χ4n) is 4.89. The summed E-state index contributed by atoms with van der Waals surface area (Å²) in [5, 5.41) is 0. The third-order valence-electron chi connectivity index (χ3n) is 7.32. The number of rotatable bonds is 20. The minimum Gasteiger partial charge on any atom is -0.494 e. The van der Waals surface area contributed by atoms with Crippen molar-refractivity contribution in [3.8, 4) is 39.5 Å². The van der Waals surface area contributed by atoms with Crippen molar-refractivity contribution in [1.82, 2.24) is 0 Å². The summed E-state index contributed by atoms with van der Waals surface area (Å²) in [6.07, 6.45) is 11.1. The van der Waals surface area contributed by atoms with Crippen LogP contribution in [0.3, 0.4) is 0 Å². The van der Waals surface area contributed by atoms with Gasteiger partial charge in [-0.05, 0) is 87.4 Å². The predicted molar refractivity (Wildman–Crippen MR) is 182 cm³/mol. The largest absolute Gasteiger partial charge is 0.494 e. The second-order valence-corrected chi connectivity index (χ2v) is 12.5. The van der Waals surface area contributed by atoms with Crippen LogP contribution in [0.25, 0.3) is 22.3 Å². The first-order valence-corrected chi connectivity index (χ1v) is 16.7. The number of carbonyl (C=O) groups is 1. The maximum atomic E-state index is 11.9. The molecule has 0 atom stereocenters. The van der Waals surface area contributed by atoms with E-state index in [1.807, 2.05) is 32.9 Å². The highest BCUT2D eigenvalue weighted by atomic mass is 16.6. The monoisotopic (exact) mass is 602 g/mol. The number of esters is 1. The van der Waals surface area contributed by atoms with Gasteiger partial charge in [-0.25, -0.2) is 0 Å². The number of hydrogen-bond acceptors (Lipinski definition) is 5. The molecule has 0 radical (unpaired) electrons. The van der Waals surface area contributed by atoms with Crippen LogP contribution in [0.5, 0.6) is 17.2 Å². The summed E-state index contributed by atoms with van der Waals surface area (Å²) in [7, 11) is 0. The normalized spacial score (nSPS) is 11.3. The molecule has 3 aromatic carbocycles. The first-order chi connectivity index (χ1) is 21.3. The van der Waals surface area contributed by atoms with Gasteiger partial charge in [0.15, 0.2) is 0 Å². The van der Waals surface area contributed by atoms with Gasteiger partial charge in [0.05, 0.1) is 19.8 Å². The molecular formula is C39H54O5. The summed E-state index contributed by atoms with van der Waals surface area (Å²) in [6, 6.07) is 23.2. The molecule has 44 heavy (non-hydrogen) atoms. The summed E-state index contributed by atoms with van der Waals surface area (Å²) in [5.74, 6) is 2.50. The van der Waals surface area contributed by atoms with Crippen molar-refractivity contribution in [3.05, 3.63) is 66.7 Å². The molecule has 3 aromatic rings. The third-order valence-corrected chi connectivity index (χ3v) is 7.32. The molecule has 0 aliphatic heterocycles. The number of ether oxygens (including phenoxy) is 4. The predicted octanol–water partition coefficient (Wildman–Crippen LogP) is 10.8. The van der Waals surface area contributed by atoms with Crippen molar-refractivity contribution in [3.63, 3.8) is 0 Å². The van der Waals surface area contributed by atoms with Crippen LogP contribution in [0.2, 0.25) is 0 Å². The van der Waals surface area contributed by atoms with E-state index in [9.17, 15) is 4.79 Å². The first-order valence-electron chi connectivity index (χ1n) is 16.7. The Morgan fingerprint density at radius 1 is 0.568 bits per heavy atom. The van der Waals surface area contributed by atoms with E-state index in [2.05, 4.69) is 68.4 Å². The van der Waals surface area contributed by atoms with Crippen LogP contribution in [0.15, 0.2) is 66.7 Å². The van der Waals surface area contributed by atoms with Gasteiger partial charge in [-0.3, -0.25) is 4.79 Å². The average molecular weight is 603 g/mol. The van der Waals surface area contributed by atoms with E-state index in [0.717, 1.165) is 86.3 Å². The molecule has 5 heteroatoms. The highest BCUT2D eigenvalue weighted by molar-refractivity contribution is 5.75. The highest BCUT2D eigenvalue weighted by Gasteiger charge is 2.15. The number of carbonyl (C=O) groups excluding carboxylic acids is 1. The lowest BCUT2D eigenvalue weighted by Gasteiger charge is -2.19. The molecule has 0 bridgehead atoms. The fourth-order valence-corrected chi connectivity index (χ4v) is 4.89. The Morgan fingerprint density at radius 3 is 1.77 bits per heavy atom. The van der Waals surface area contributed by atoms with Crippen LogP contribution >= 0.6 is 0 Å². The Hall–Kier alpha value is -3.47. The molecule has 0 saturated carbocycles. The zero-order chi connectivity index (χ0) is 31.6. The minimum atomic E-state index is -0.414. The Kier molecular flexibility index (Phi) is 15.1. The summed E-state index contributed by atoms with van der Waals surface area (Å²) in [6.45, 7) is 12.2. The van der Waals surface area contributed by atoms with Crippen molar-refractivity contribution in [2.45, 2.75) is 111 Å². The zero-order valence-electron chi connectivity index (χ0n) is 27.8. The standard InChI is InChI=1S/C39H54O5/c1-6-8-14-28-41-34-23-21-32(22-24-34)31-17-19-33(20-18-31)36-26-25-35(42-27-9-7-2)30-37(36)43-29-15-12-10-11-13-16-38(40)44-39(3,4)5/h17-26,30H,6-16,27-29H2,1-5H3. The first kappa shape index (κ1) is 35.0. The van der Waals surface area contributed by atoms with Crippen molar-refractivity contribution in [2.75, 3.05) is 19.8 Å². The Labute approximate surface area is 266 Å². The molecule has 3 rings (SSSR count). The van der Waals surface area contributed by atoms with Gasteiger partial charge >= 0.3 is 5.97 Å². The molecule has 0 fully saturated rings. The summed E-state index contributed by atoms with van der Waals surface area (Å²) >= 11 is 0. The van der Waals surface area contributed by atoms with Crippen LogP contribution in [0, 0.1) is 0 Å². The number of benzene rings is 3. The summed E-state index contributed by atoms with van der Waals surface area (Å²) in [5.41, 5.74) is 4.09. The second-order valence-electron chi connectivity index (χ2n) is 12.5. The van der Waals surface area contributed by atoms with Crippen molar-refractivity contribution >= 4 is 5.97 Å². The van der Waals surface area contributed by atoms with Gasteiger partial charge in [0.25, 0.3) is 0 Å². The number of hydrogen-bond donors (Lipinski definition) is 0. The molecule has 0 heterocycles. The fraction of sp³-hybridized carbons (Fsp3) is 0.513. The van der Waals surface area contributed by atoms with Gasteiger partial charge < -0.3 is 18.9 Å². The lowest BCUT2D eigenvalue weighted by atomic mass is 9.99. The second kappa shape index (κ2) is 19.0.